The van der Waals surface area contributed by atoms with Gasteiger partial charge in [-0.1, -0.05) is 60.5 Å². The Balaban J connectivity index is 1.93. The highest BCUT2D eigenvalue weighted by molar-refractivity contribution is 6.01. The number of para-hydroxylation sites is 1. The lowest BCUT2D eigenvalue weighted by molar-refractivity contribution is -0.157. The molecule has 2 N–H and O–H groups in total. The fraction of sp³-hybridized carbons (Fsp3) is 0.214. The number of esters is 2. The summed E-state index contributed by atoms with van der Waals surface area (Å²) in [6.07, 6.45) is -3.47. The van der Waals surface area contributed by atoms with E-state index >= 15 is 0 Å². The van der Waals surface area contributed by atoms with Crippen LogP contribution in [0.25, 0.3) is 0 Å². The molecule has 0 heterocycles. The molecule has 0 aliphatic rings. The molecule has 36 heavy (non-hydrogen) atoms. The van der Waals surface area contributed by atoms with Crippen LogP contribution in [-0.4, -0.2) is 41.1 Å². The van der Waals surface area contributed by atoms with E-state index in [1.807, 2.05) is 20.8 Å². The van der Waals surface area contributed by atoms with E-state index in [9.17, 15) is 24.3 Å². The van der Waals surface area contributed by atoms with Gasteiger partial charge in [0.25, 0.3) is 5.91 Å². The number of carbonyl (C=O) groups is 4. The number of aliphatic carboxylic acids is 1. The molecule has 3 aromatic rings. The Hall–Kier alpha value is -4.46. The Morgan fingerprint density at radius 2 is 1.22 bits per heavy atom. The molecule has 0 aliphatic heterocycles. The van der Waals surface area contributed by atoms with Gasteiger partial charge in [0.05, 0.1) is 11.1 Å². The Morgan fingerprint density at radius 1 is 0.750 bits per heavy atom. The first-order valence-electron chi connectivity index (χ1n) is 11.4. The van der Waals surface area contributed by atoms with Crippen LogP contribution in [-0.2, 0) is 25.5 Å². The van der Waals surface area contributed by atoms with Crippen molar-refractivity contribution in [3.63, 3.8) is 0 Å². The maximum Gasteiger partial charge on any atom is 0.349 e. The van der Waals surface area contributed by atoms with Gasteiger partial charge in [-0.25, -0.2) is 14.4 Å². The zero-order valence-electron chi connectivity index (χ0n) is 20.2. The fourth-order valence-electron chi connectivity index (χ4n) is 3.39. The number of hydrogen-bond donors (Lipinski definition) is 2. The highest BCUT2D eigenvalue weighted by Gasteiger charge is 2.41. The molecule has 0 bridgehead atoms. The number of aryl methyl sites for hydroxylation is 3. The van der Waals surface area contributed by atoms with Crippen LogP contribution in [0.2, 0.25) is 0 Å². The average Bonchev–Trinajstić information content (AvgIpc) is 2.86. The van der Waals surface area contributed by atoms with Gasteiger partial charge in [-0.05, 0) is 56.2 Å². The highest BCUT2D eigenvalue weighted by Crippen LogP contribution is 2.19. The molecule has 0 unspecified atom stereocenters. The summed E-state index contributed by atoms with van der Waals surface area (Å²) in [5, 5.41) is 12.5. The lowest BCUT2D eigenvalue weighted by Gasteiger charge is -2.24. The van der Waals surface area contributed by atoms with Crippen LogP contribution in [0.5, 0.6) is 0 Å². The van der Waals surface area contributed by atoms with Crippen molar-refractivity contribution in [2.75, 3.05) is 5.32 Å². The normalized spacial score (nSPS) is 12.2. The molecule has 0 spiro atoms. The number of carboxylic acid groups (broad SMARTS) is 1. The molecule has 2 atom stereocenters. The summed E-state index contributed by atoms with van der Waals surface area (Å²) >= 11 is 0. The van der Waals surface area contributed by atoms with Crippen molar-refractivity contribution in [1.29, 1.82) is 0 Å². The van der Waals surface area contributed by atoms with Crippen molar-refractivity contribution in [2.24, 2.45) is 0 Å². The summed E-state index contributed by atoms with van der Waals surface area (Å²) in [5.41, 5.74) is 3.20. The van der Waals surface area contributed by atoms with Crippen molar-refractivity contribution < 1.29 is 33.8 Å². The standard InChI is InChI=1S/C28H27NO7/c1-4-19-7-5-6-8-22(19)29-25(30)23(35-27(33)20-13-9-17(2)10-14-20)24(26(31)32)36-28(34)21-15-11-18(3)12-16-21/h5-16,23-24H,4H2,1-3H3,(H,29,30)(H,31,32)/t23-,24-/m0/s1. The van der Waals surface area contributed by atoms with Gasteiger partial charge in [0.15, 0.2) is 0 Å². The summed E-state index contributed by atoms with van der Waals surface area (Å²) in [6, 6.07) is 19.6. The van der Waals surface area contributed by atoms with E-state index in [1.165, 1.54) is 24.3 Å². The molecule has 8 nitrogen and oxygen atoms in total. The number of anilines is 1. The molecule has 3 aromatic carbocycles. The molecule has 3 rings (SSSR count). The van der Waals surface area contributed by atoms with E-state index in [1.54, 1.807) is 48.5 Å². The number of rotatable bonds is 9. The number of hydrogen-bond acceptors (Lipinski definition) is 6. The third-order valence-corrected chi connectivity index (χ3v) is 5.48. The lowest BCUT2D eigenvalue weighted by atomic mass is 10.1. The van der Waals surface area contributed by atoms with Gasteiger partial charge in [-0.3, -0.25) is 4.79 Å². The maximum atomic E-state index is 13.3. The van der Waals surface area contributed by atoms with Gasteiger partial charge >= 0.3 is 17.9 Å². The van der Waals surface area contributed by atoms with Gasteiger partial charge in [0.2, 0.25) is 12.2 Å². The molecular formula is C28H27NO7. The second-order valence-corrected chi connectivity index (χ2v) is 8.22. The van der Waals surface area contributed by atoms with Crippen LogP contribution in [0.1, 0.15) is 44.3 Å². The second-order valence-electron chi connectivity index (χ2n) is 8.22. The van der Waals surface area contributed by atoms with Gasteiger partial charge in [0, 0.05) is 5.69 Å². The third-order valence-electron chi connectivity index (χ3n) is 5.48. The minimum atomic E-state index is -2.10. The molecule has 0 aromatic heterocycles. The van der Waals surface area contributed by atoms with E-state index < -0.39 is 36.0 Å². The quantitative estimate of drug-likeness (QED) is 0.429. The number of nitrogens with one attached hydrogen (secondary N) is 1. The lowest BCUT2D eigenvalue weighted by Crippen LogP contribution is -2.48. The smallest absolute Gasteiger partial charge is 0.349 e. The third kappa shape index (κ3) is 6.56. The van der Waals surface area contributed by atoms with Crippen LogP contribution >= 0.6 is 0 Å². The summed E-state index contributed by atoms with van der Waals surface area (Å²) in [5.74, 6) is -4.49. The van der Waals surface area contributed by atoms with Crippen molar-refractivity contribution in [3.8, 4) is 0 Å². The van der Waals surface area contributed by atoms with Crippen molar-refractivity contribution in [3.05, 3.63) is 101 Å². The van der Waals surface area contributed by atoms with Gasteiger partial charge < -0.3 is 19.9 Å². The fourth-order valence-corrected chi connectivity index (χ4v) is 3.39. The molecule has 0 radical (unpaired) electrons. The van der Waals surface area contributed by atoms with E-state index in [0.29, 0.717) is 12.1 Å². The van der Waals surface area contributed by atoms with Gasteiger partial charge in [0.1, 0.15) is 0 Å². The largest absolute Gasteiger partial charge is 0.478 e. The first-order chi connectivity index (χ1) is 17.2. The molecule has 0 fully saturated rings. The Bertz CT molecular complexity index is 1250. The number of amides is 1. The molecule has 186 valence electrons. The second kappa shape index (κ2) is 11.8. The van der Waals surface area contributed by atoms with Crippen LogP contribution in [0.3, 0.4) is 0 Å². The van der Waals surface area contributed by atoms with E-state index in [0.717, 1.165) is 16.7 Å². The summed E-state index contributed by atoms with van der Waals surface area (Å²) < 4.78 is 10.5. The molecule has 1 amide bonds. The summed E-state index contributed by atoms with van der Waals surface area (Å²) in [6.45, 7) is 5.55. The first kappa shape index (κ1) is 26.2. The SMILES string of the molecule is CCc1ccccc1NC(=O)[C@@H](OC(=O)c1ccc(C)cc1)[C@H](OC(=O)c1ccc(C)cc1)C(=O)O. The van der Waals surface area contributed by atoms with E-state index in [4.69, 9.17) is 9.47 Å². The predicted molar refractivity (Wildman–Crippen MR) is 133 cm³/mol. The van der Waals surface area contributed by atoms with Gasteiger partial charge in [-0.2, -0.15) is 0 Å². The highest BCUT2D eigenvalue weighted by atomic mass is 16.6. The summed E-state index contributed by atoms with van der Waals surface area (Å²) in [4.78, 5) is 50.9. The van der Waals surface area contributed by atoms with Crippen molar-refractivity contribution >= 4 is 29.5 Å². The maximum absolute atomic E-state index is 13.3. The number of carboxylic acids is 1. The average molecular weight is 490 g/mol. The van der Waals surface area contributed by atoms with E-state index in [2.05, 4.69) is 5.32 Å². The van der Waals surface area contributed by atoms with Crippen molar-refractivity contribution in [1.82, 2.24) is 0 Å². The van der Waals surface area contributed by atoms with E-state index in [-0.39, 0.29) is 11.1 Å². The Labute approximate surface area is 208 Å². The number of benzene rings is 3. The molecule has 8 heteroatoms. The molecule has 0 saturated heterocycles. The van der Waals surface area contributed by atoms with Crippen LogP contribution in [0, 0.1) is 13.8 Å². The van der Waals surface area contributed by atoms with Crippen molar-refractivity contribution in [2.45, 2.75) is 39.4 Å². The molecular weight excluding hydrogens is 462 g/mol. The first-order valence-corrected chi connectivity index (χ1v) is 11.4. The minimum Gasteiger partial charge on any atom is -0.478 e. The Kier molecular flexibility index (Phi) is 8.57. The summed E-state index contributed by atoms with van der Waals surface area (Å²) in [7, 11) is 0. The Morgan fingerprint density at radius 3 is 1.69 bits per heavy atom. The van der Waals surface area contributed by atoms with Crippen LogP contribution in [0.4, 0.5) is 5.69 Å². The molecule has 0 saturated carbocycles. The van der Waals surface area contributed by atoms with Crippen LogP contribution < -0.4 is 5.32 Å². The number of ether oxygens (including phenoxy) is 2. The topological polar surface area (TPSA) is 119 Å². The zero-order valence-corrected chi connectivity index (χ0v) is 20.2. The van der Waals surface area contributed by atoms with Crippen LogP contribution in [0.15, 0.2) is 72.8 Å². The monoisotopic (exact) mass is 489 g/mol. The molecule has 0 aliphatic carbocycles. The predicted octanol–water partition coefficient (Wildman–Crippen LogP) is 4.34. The number of carbonyl (C=O) groups excluding carboxylic acids is 3. The van der Waals surface area contributed by atoms with Gasteiger partial charge in [-0.15, -0.1) is 0 Å². The minimum absolute atomic E-state index is 0.0900. The zero-order chi connectivity index (χ0) is 26.2.